The molecule has 6 nitrogen and oxygen atoms in total. The van der Waals surface area contributed by atoms with Gasteiger partial charge in [-0.15, -0.1) is 5.10 Å². The monoisotopic (exact) mass is 304 g/mol. The average Bonchev–Trinajstić information content (AvgIpc) is 2.95. The summed E-state index contributed by atoms with van der Waals surface area (Å²) in [6, 6.07) is 3.97. The van der Waals surface area contributed by atoms with Crippen molar-refractivity contribution in [3.63, 3.8) is 0 Å². The minimum absolute atomic E-state index is 0.238. The lowest BCUT2D eigenvalue weighted by Crippen LogP contribution is -2.51. The van der Waals surface area contributed by atoms with Crippen molar-refractivity contribution in [3.8, 4) is 0 Å². The molecule has 0 radical (unpaired) electrons. The van der Waals surface area contributed by atoms with E-state index in [-0.39, 0.29) is 5.41 Å². The highest BCUT2D eigenvalue weighted by Gasteiger charge is 2.48. The molecule has 6 heteroatoms. The first kappa shape index (κ1) is 15.2. The van der Waals surface area contributed by atoms with E-state index in [2.05, 4.69) is 15.1 Å². The van der Waals surface area contributed by atoms with Crippen LogP contribution in [0.1, 0.15) is 25.0 Å². The van der Waals surface area contributed by atoms with Gasteiger partial charge in [-0.3, -0.25) is 4.79 Å². The number of rotatable bonds is 4. The predicted octanol–water partition coefficient (Wildman–Crippen LogP) is 1.25. The molecule has 22 heavy (non-hydrogen) atoms. The molecule has 3 heterocycles. The molecule has 2 aliphatic heterocycles. The number of aromatic nitrogens is 2. The quantitative estimate of drug-likeness (QED) is 0.838. The van der Waals surface area contributed by atoms with Gasteiger partial charge in [-0.25, -0.2) is 0 Å². The van der Waals surface area contributed by atoms with Crippen LogP contribution in [-0.4, -0.2) is 60.9 Å². The number of hydrogen-bond acceptors (Lipinski definition) is 5. The maximum Gasteiger partial charge on any atom is 0.230 e. The SMILES string of the molecule is COCCN1CCC[C@@]2(CCN(c3ccc(C)nn3)C2)C1=O. The Bertz CT molecular complexity index is 533. The van der Waals surface area contributed by atoms with Crippen LogP contribution in [0, 0.1) is 12.3 Å². The van der Waals surface area contributed by atoms with Crippen LogP contribution in [0.15, 0.2) is 12.1 Å². The molecule has 120 valence electrons. The maximum absolute atomic E-state index is 12.9. The van der Waals surface area contributed by atoms with Gasteiger partial charge >= 0.3 is 0 Å². The highest BCUT2D eigenvalue weighted by atomic mass is 16.5. The van der Waals surface area contributed by atoms with Gasteiger partial charge in [0, 0.05) is 33.3 Å². The Kier molecular flexibility index (Phi) is 4.29. The summed E-state index contributed by atoms with van der Waals surface area (Å²) in [6.07, 6.45) is 2.96. The van der Waals surface area contributed by atoms with Gasteiger partial charge < -0.3 is 14.5 Å². The molecular formula is C16H24N4O2. The van der Waals surface area contributed by atoms with Crippen molar-refractivity contribution in [2.45, 2.75) is 26.2 Å². The summed E-state index contributed by atoms with van der Waals surface area (Å²) in [7, 11) is 1.68. The van der Waals surface area contributed by atoms with E-state index in [1.165, 1.54) is 0 Å². The van der Waals surface area contributed by atoms with E-state index in [4.69, 9.17) is 4.74 Å². The molecule has 1 aromatic heterocycles. The third kappa shape index (κ3) is 2.79. The summed E-state index contributed by atoms with van der Waals surface area (Å²) >= 11 is 0. The topological polar surface area (TPSA) is 58.6 Å². The number of amides is 1. The number of anilines is 1. The summed E-state index contributed by atoms with van der Waals surface area (Å²) in [5.41, 5.74) is 0.676. The van der Waals surface area contributed by atoms with E-state index < -0.39 is 0 Å². The summed E-state index contributed by atoms with van der Waals surface area (Å²) in [4.78, 5) is 17.1. The first-order valence-corrected chi connectivity index (χ1v) is 7.98. The number of carbonyl (C=O) groups is 1. The van der Waals surface area contributed by atoms with E-state index >= 15 is 0 Å². The summed E-state index contributed by atoms with van der Waals surface area (Å²) in [5, 5.41) is 8.39. The first-order chi connectivity index (χ1) is 10.6. The Morgan fingerprint density at radius 1 is 1.27 bits per heavy atom. The zero-order valence-electron chi connectivity index (χ0n) is 13.4. The number of ether oxygens (including phenoxy) is 1. The van der Waals surface area contributed by atoms with Gasteiger partial charge in [0.25, 0.3) is 0 Å². The first-order valence-electron chi connectivity index (χ1n) is 7.98. The molecule has 2 aliphatic rings. The fourth-order valence-electron chi connectivity index (χ4n) is 3.57. The molecule has 2 fully saturated rings. The lowest BCUT2D eigenvalue weighted by molar-refractivity contribution is -0.145. The molecule has 0 bridgehead atoms. The molecular weight excluding hydrogens is 280 g/mol. The molecule has 1 spiro atoms. The lowest BCUT2D eigenvalue weighted by Gasteiger charge is -2.39. The number of likely N-dealkylation sites (tertiary alicyclic amines) is 1. The van der Waals surface area contributed by atoms with Crippen molar-refractivity contribution >= 4 is 11.7 Å². The zero-order valence-corrected chi connectivity index (χ0v) is 13.4. The standard InChI is InChI=1S/C16H24N4O2/c1-13-4-5-14(18-17-13)20-9-7-16(12-20)6-3-8-19(15(16)21)10-11-22-2/h4-5H,3,6-12H2,1-2H3/t16-/m0/s1. The number of piperidine rings is 1. The molecule has 2 saturated heterocycles. The largest absolute Gasteiger partial charge is 0.383 e. The average molecular weight is 304 g/mol. The number of nitrogens with zero attached hydrogens (tertiary/aromatic N) is 4. The summed E-state index contributed by atoms with van der Waals surface area (Å²) in [5.74, 6) is 1.17. The molecule has 0 saturated carbocycles. The normalized spacial score (nSPS) is 25.3. The van der Waals surface area contributed by atoms with E-state index in [0.29, 0.717) is 19.1 Å². The fourth-order valence-corrected chi connectivity index (χ4v) is 3.57. The van der Waals surface area contributed by atoms with Crippen LogP contribution in [-0.2, 0) is 9.53 Å². The smallest absolute Gasteiger partial charge is 0.230 e. The zero-order chi connectivity index (χ0) is 15.6. The van der Waals surface area contributed by atoms with E-state index in [1.807, 2.05) is 24.0 Å². The molecule has 0 N–H and O–H groups in total. The Morgan fingerprint density at radius 3 is 2.86 bits per heavy atom. The number of carbonyl (C=O) groups excluding carboxylic acids is 1. The van der Waals surface area contributed by atoms with Gasteiger partial charge in [-0.05, 0) is 38.3 Å². The maximum atomic E-state index is 12.9. The molecule has 3 rings (SSSR count). The fraction of sp³-hybridized carbons (Fsp3) is 0.688. The van der Waals surface area contributed by atoms with Crippen molar-refractivity contribution in [1.29, 1.82) is 0 Å². The minimum Gasteiger partial charge on any atom is -0.383 e. The third-order valence-electron chi connectivity index (χ3n) is 4.85. The van der Waals surface area contributed by atoms with Gasteiger partial charge in [0.2, 0.25) is 5.91 Å². The predicted molar refractivity (Wildman–Crippen MR) is 83.7 cm³/mol. The van der Waals surface area contributed by atoms with Crippen LogP contribution in [0.4, 0.5) is 5.82 Å². The van der Waals surface area contributed by atoms with Crippen LogP contribution in [0.25, 0.3) is 0 Å². The summed E-state index contributed by atoms with van der Waals surface area (Å²) < 4.78 is 5.12. The molecule has 1 atom stereocenters. The van der Waals surface area contributed by atoms with Gasteiger partial charge in [-0.2, -0.15) is 5.10 Å². The highest BCUT2D eigenvalue weighted by Crippen LogP contribution is 2.41. The van der Waals surface area contributed by atoms with E-state index in [1.54, 1.807) is 7.11 Å². The molecule has 1 aromatic rings. The Labute approximate surface area is 131 Å². The Morgan fingerprint density at radius 2 is 2.14 bits per heavy atom. The molecule has 0 aromatic carbocycles. The van der Waals surface area contributed by atoms with Gasteiger partial charge in [0.15, 0.2) is 5.82 Å². The minimum atomic E-state index is -0.238. The van der Waals surface area contributed by atoms with Crippen LogP contribution in [0.5, 0.6) is 0 Å². The summed E-state index contributed by atoms with van der Waals surface area (Å²) in [6.45, 7) is 5.72. The van der Waals surface area contributed by atoms with Gasteiger partial charge in [0.1, 0.15) is 0 Å². The number of hydrogen-bond donors (Lipinski definition) is 0. The van der Waals surface area contributed by atoms with Gasteiger partial charge in [-0.1, -0.05) is 0 Å². The second-order valence-electron chi connectivity index (χ2n) is 6.37. The number of aryl methyl sites for hydroxylation is 1. The molecule has 0 aliphatic carbocycles. The lowest BCUT2D eigenvalue weighted by atomic mass is 9.78. The van der Waals surface area contributed by atoms with Crippen molar-refractivity contribution in [2.24, 2.45) is 5.41 Å². The van der Waals surface area contributed by atoms with Crippen molar-refractivity contribution in [2.75, 3.05) is 44.8 Å². The molecule has 0 unspecified atom stereocenters. The van der Waals surface area contributed by atoms with Crippen LogP contribution in [0.3, 0.4) is 0 Å². The Hall–Kier alpha value is -1.69. The van der Waals surface area contributed by atoms with E-state index in [9.17, 15) is 4.79 Å². The van der Waals surface area contributed by atoms with Crippen LogP contribution < -0.4 is 4.90 Å². The number of methoxy groups -OCH3 is 1. The van der Waals surface area contributed by atoms with Crippen LogP contribution in [0.2, 0.25) is 0 Å². The van der Waals surface area contributed by atoms with Crippen molar-refractivity contribution < 1.29 is 9.53 Å². The van der Waals surface area contributed by atoms with Crippen molar-refractivity contribution in [3.05, 3.63) is 17.8 Å². The van der Waals surface area contributed by atoms with Crippen LogP contribution >= 0.6 is 0 Å². The highest BCUT2D eigenvalue weighted by molar-refractivity contribution is 5.85. The second-order valence-corrected chi connectivity index (χ2v) is 6.37. The van der Waals surface area contributed by atoms with Gasteiger partial charge in [0.05, 0.1) is 17.7 Å². The second kappa shape index (κ2) is 6.20. The third-order valence-corrected chi connectivity index (χ3v) is 4.85. The van der Waals surface area contributed by atoms with Crippen molar-refractivity contribution in [1.82, 2.24) is 15.1 Å². The van der Waals surface area contributed by atoms with E-state index in [0.717, 1.165) is 50.4 Å². The molecule has 1 amide bonds. The Balaban J connectivity index is 1.71.